The molecule has 0 bridgehead atoms. The van der Waals surface area contributed by atoms with E-state index in [1.807, 2.05) is 18.2 Å². The van der Waals surface area contributed by atoms with Crippen molar-refractivity contribution in [1.29, 1.82) is 0 Å². The van der Waals surface area contributed by atoms with Crippen molar-refractivity contribution >= 4 is 17.5 Å². The summed E-state index contributed by atoms with van der Waals surface area (Å²) >= 11 is 0. The molecule has 1 aliphatic rings. The van der Waals surface area contributed by atoms with E-state index in [9.17, 15) is 9.59 Å². The Hall–Kier alpha value is -2.86. The number of anilines is 1. The van der Waals surface area contributed by atoms with Crippen molar-refractivity contribution in [2.24, 2.45) is 0 Å². The lowest BCUT2D eigenvalue weighted by atomic mass is 10.2. The van der Waals surface area contributed by atoms with E-state index in [-0.39, 0.29) is 18.4 Å². The van der Waals surface area contributed by atoms with E-state index < -0.39 is 0 Å². The Balaban J connectivity index is 1.56. The lowest BCUT2D eigenvalue weighted by Crippen LogP contribution is -2.42. The van der Waals surface area contributed by atoms with Gasteiger partial charge < -0.3 is 19.7 Å². The molecule has 25 heavy (non-hydrogen) atoms. The molecule has 3 rings (SSSR count). The first-order valence-electron chi connectivity index (χ1n) is 8.17. The lowest BCUT2D eigenvalue weighted by Gasteiger charge is -2.26. The molecule has 1 aliphatic heterocycles. The number of amides is 2. The van der Waals surface area contributed by atoms with Gasteiger partial charge in [-0.1, -0.05) is 24.3 Å². The molecule has 2 amide bonds. The molecule has 0 unspecified atom stereocenters. The largest absolute Gasteiger partial charge is 0.484 e. The monoisotopic (exact) mass is 340 g/mol. The number of benzene rings is 2. The van der Waals surface area contributed by atoms with E-state index in [0.29, 0.717) is 43.3 Å². The van der Waals surface area contributed by atoms with Gasteiger partial charge in [0.1, 0.15) is 5.75 Å². The van der Waals surface area contributed by atoms with Crippen LogP contribution in [0, 0.1) is 0 Å². The maximum absolute atomic E-state index is 12.2. The highest BCUT2D eigenvalue weighted by Gasteiger charge is 2.17. The van der Waals surface area contributed by atoms with Crippen LogP contribution in [0.3, 0.4) is 0 Å². The zero-order chi connectivity index (χ0) is 17.5. The minimum absolute atomic E-state index is 0.0317. The fourth-order valence-corrected chi connectivity index (χ4v) is 2.51. The number of nitrogens with one attached hydrogen (secondary N) is 1. The van der Waals surface area contributed by atoms with Crippen LogP contribution in [0.25, 0.3) is 0 Å². The number of hydrogen-bond acceptors (Lipinski definition) is 4. The van der Waals surface area contributed by atoms with Crippen molar-refractivity contribution in [1.82, 2.24) is 4.90 Å². The molecular formula is C19H20N2O4. The summed E-state index contributed by atoms with van der Waals surface area (Å²) < 4.78 is 10.8. The van der Waals surface area contributed by atoms with Crippen molar-refractivity contribution in [2.75, 3.05) is 38.2 Å². The normalized spacial score (nSPS) is 14.0. The van der Waals surface area contributed by atoms with Crippen LogP contribution < -0.4 is 10.1 Å². The van der Waals surface area contributed by atoms with E-state index in [0.717, 1.165) is 0 Å². The number of rotatable bonds is 5. The summed E-state index contributed by atoms with van der Waals surface area (Å²) in [6.45, 7) is 2.28. The molecule has 6 heteroatoms. The van der Waals surface area contributed by atoms with Crippen LogP contribution in [0.15, 0.2) is 54.6 Å². The smallest absolute Gasteiger partial charge is 0.260 e. The second kappa shape index (κ2) is 8.30. The summed E-state index contributed by atoms with van der Waals surface area (Å²) in [6, 6.07) is 16.0. The third-order valence-electron chi connectivity index (χ3n) is 3.85. The highest BCUT2D eigenvalue weighted by atomic mass is 16.5. The van der Waals surface area contributed by atoms with Crippen molar-refractivity contribution in [3.8, 4) is 5.75 Å². The molecule has 0 aromatic heterocycles. The molecule has 6 nitrogen and oxygen atoms in total. The minimum atomic E-state index is -0.192. The predicted molar refractivity (Wildman–Crippen MR) is 93.7 cm³/mol. The number of carbonyl (C=O) groups is 2. The van der Waals surface area contributed by atoms with Crippen LogP contribution in [-0.2, 0) is 9.53 Å². The number of morpholine rings is 1. The number of nitrogens with zero attached hydrogens (tertiary/aromatic N) is 1. The van der Waals surface area contributed by atoms with Crippen LogP contribution in [0.5, 0.6) is 5.75 Å². The van der Waals surface area contributed by atoms with Crippen LogP contribution >= 0.6 is 0 Å². The fourth-order valence-electron chi connectivity index (χ4n) is 2.51. The van der Waals surface area contributed by atoms with Crippen molar-refractivity contribution in [3.05, 3.63) is 60.2 Å². The quantitative estimate of drug-likeness (QED) is 0.906. The van der Waals surface area contributed by atoms with Crippen LogP contribution in [0.2, 0.25) is 0 Å². The van der Waals surface area contributed by atoms with E-state index in [4.69, 9.17) is 9.47 Å². The van der Waals surface area contributed by atoms with Crippen molar-refractivity contribution in [2.45, 2.75) is 0 Å². The maximum Gasteiger partial charge on any atom is 0.260 e. The number of carbonyl (C=O) groups excluding carboxylic acids is 2. The summed E-state index contributed by atoms with van der Waals surface area (Å²) in [4.78, 5) is 26.0. The van der Waals surface area contributed by atoms with Gasteiger partial charge in [0, 0.05) is 30.4 Å². The van der Waals surface area contributed by atoms with Gasteiger partial charge in [0.05, 0.1) is 13.2 Å². The zero-order valence-corrected chi connectivity index (χ0v) is 13.8. The van der Waals surface area contributed by atoms with Gasteiger partial charge in [-0.15, -0.1) is 0 Å². The SMILES string of the molecule is O=C(Nc1cccc(OCC(=O)N2CCOCC2)c1)c1ccccc1. The standard InChI is InChI=1S/C19H20N2O4/c22-18(21-9-11-24-12-10-21)14-25-17-8-4-7-16(13-17)20-19(23)15-5-2-1-3-6-15/h1-8,13H,9-12,14H2,(H,20,23). The van der Waals surface area contributed by atoms with E-state index in [2.05, 4.69) is 5.32 Å². The molecule has 0 spiro atoms. The number of hydrogen-bond donors (Lipinski definition) is 1. The van der Waals surface area contributed by atoms with Gasteiger partial charge in [0.15, 0.2) is 6.61 Å². The van der Waals surface area contributed by atoms with Crippen molar-refractivity contribution < 1.29 is 19.1 Å². The Bertz CT molecular complexity index is 727. The molecule has 1 N–H and O–H groups in total. The van der Waals surface area contributed by atoms with Crippen LogP contribution in [0.1, 0.15) is 10.4 Å². The summed E-state index contributed by atoms with van der Waals surface area (Å²) in [5, 5.41) is 2.82. The molecule has 1 heterocycles. The summed E-state index contributed by atoms with van der Waals surface area (Å²) in [6.07, 6.45) is 0. The van der Waals surface area contributed by atoms with Gasteiger partial charge in [0.2, 0.25) is 0 Å². The zero-order valence-electron chi connectivity index (χ0n) is 13.8. The molecule has 0 radical (unpaired) electrons. The Kier molecular flexibility index (Phi) is 5.64. The molecule has 1 saturated heterocycles. The molecule has 1 fully saturated rings. The van der Waals surface area contributed by atoms with Crippen molar-refractivity contribution in [3.63, 3.8) is 0 Å². The molecule has 2 aromatic carbocycles. The minimum Gasteiger partial charge on any atom is -0.484 e. The molecule has 2 aromatic rings. The van der Waals surface area contributed by atoms with Gasteiger partial charge in [-0.3, -0.25) is 9.59 Å². The van der Waals surface area contributed by atoms with Gasteiger partial charge >= 0.3 is 0 Å². The summed E-state index contributed by atoms with van der Waals surface area (Å²) in [7, 11) is 0. The molecule has 0 aliphatic carbocycles. The van der Waals surface area contributed by atoms with Gasteiger partial charge in [0.25, 0.3) is 11.8 Å². The Morgan fingerprint density at radius 3 is 2.56 bits per heavy atom. The van der Waals surface area contributed by atoms with E-state index in [1.54, 1.807) is 41.3 Å². The first-order chi connectivity index (χ1) is 12.2. The van der Waals surface area contributed by atoms with Crippen LogP contribution in [0.4, 0.5) is 5.69 Å². The lowest BCUT2D eigenvalue weighted by molar-refractivity contribution is -0.137. The highest BCUT2D eigenvalue weighted by molar-refractivity contribution is 6.04. The van der Waals surface area contributed by atoms with Gasteiger partial charge in [-0.2, -0.15) is 0 Å². The summed E-state index contributed by atoms with van der Waals surface area (Å²) in [5.41, 5.74) is 1.20. The average molecular weight is 340 g/mol. The summed E-state index contributed by atoms with van der Waals surface area (Å²) in [5.74, 6) is 0.275. The number of ether oxygens (including phenoxy) is 2. The second-order valence-electron chi connectivity index (χ2n) is 5.63. The predicted octanol–water partition coefficient (Wildman–Crippen LogP) is 2.18. The topological polar surface area (TPSA) is 67.9 Å². The Morgan fingerprint density at radius 2 is 1.80 bits per heavy atom. The van der Waals surface area contributed by atoms with Gasteiger partial charge in [-0.25, -0.2) is 0 Å². The Labute approximate surface area is 146 Å². The molecule has 0 atom stereocenters. The molecule has 0 saturated carbocycles. The second-order valence-corrected chi connectivity index (χ2v) is 5.63. The first-order valence-corrected chi connectivity index (χ1v) is 8.17. The van der Waals surface area contributed by atoms with E-state index >= 15 is 0 Å². The third kappa shape index (κ3) is 4.81. The third-order valence-corrected chi connectivity index (χ3v) is 3.85. The first kappa shape index (κ1) is 17.0. The molecule has 130 valence electrons. The van der Waals surface area contributed by atoms with Gasteiger partial charge in [-0.05, 0) is 24.3 Å². The maximum atomic E-state index is 12.2. The fraction of sp³-hybridized carbons (Fsp3) is 0.263. The van der Waals surface area contributed by atoms with Crippen LogP contribution in [-0.4, -0.2) is 49.6 Å². The Morgan fingerprint density at radius 1 is 1.04 bits per heavy atom. The average Bonchev–Trinajstić information content (AvgIpc) is 2.68. The van der Waals surface area contributed by atoms with E-state index in [1.165, 1.54) is 0 Å². The molecular weight excluding hydrogens is 320 g/mol. The highest BCUT2D eigenvalue weighted by Crippen LogP contribution is 2.18.